The number of hydrogen-bond donors (Lipinski definition) is 2. The third-order valence-electron chi connectivity index (χ3n) is 15.7. The molecule has 0 heterocycles. The molecular formula is C81H138NO8P. The Morgan fingerprint density at radius 2 is 0.571 bits per heavy atom. The molecule has 0 aromatic heterocycles. The lowest BCUT2D eigenvalue weighted by molar-refractivity contribution is -0.161. The molecular weight excluding hydrogens is 1150 g/mol. The number of hydrogen-bond acceptors (Lipinski definition) is 8. The summed E-state index contributed by atoms with van der Waals surface area (Å²) in [6, 6.07) is 0. The Labute approximate surface area is 560 Å². The average molecular weight is 1280 g/mol. The highest BCUT2D eigenvalue weighted by molar-refractivity contribution is 7.47. The average Bonchev–Trinajstić information content (AvgIpc) is 3.71. The van der Waals surface area contributed by atoms with Crippen molar-refractivity contribution < 1.29 is 37.6 Å². The van der Waals surface area contributed by atoms with Gasteiger partial charge in [0, 0.05) is 19.4 Å². The fourth-order valence-electron chi connectivity index (χ4n) is 10.3. The summed E-state index contributed by atoms with van der Waals surface area (Å²) in [5.74, 6) is -0.830. The summed E-state index contributed by atoms with van der Waals surface area (Å²) in [6.45, 7) is 3.53. The van der Waals surface area contributed by atoms with Crippen molar-refractivity contribution in [2.45, 2.75) is 328 Å². The van der Waals surface area contributed by atoms with Crippen LogP contribution in [-0.2, 0) is 32.7 Å². The van der Waals surface area contributed by atoms with Crippen molar-refractivity contribution in [2.75, 3.05) is 26.4 Å². The molecule has 2 atom stereocenters. The van der Waals surface area contributed by atoms with Gasteiger partial charge in [0.2, 0.25) is 0 Å². The van der Waals surface area contributed by atoms with E-state index in [-0.39, 0.29) is 38.6 Å². The molecule has 0 amide bonds. The second kappa shape index (κ2) is 74.9. The molecule has 0 radical (unpaired) electrons. The van der Waals surface area contributed by atoms with E-state index in [1.54, 1.807) is 0 Å². The first-order valence-corrected chi connectivity index (χ1v) is 38.8. The van der Waals surface area contributed by atoms with Crippen LogP contribution in [0.25, 0.3) is 0 Å². The van der Waals surface area contributed by atoms with Crippen molar-refractivity contribution in [3.63, 3.8) is 0 Å². The minimum Gasteiger partial charge on any atom is -0.462 e. The normalized spacial score (nSPS) is 13.8. The van der Waals surface area contributed by atoms with Crippen LogP contribution in [-0.4, -0.2) is 49.3 Å². The number of carbonyl (C=O) groups is 2. The van der Waals surface area contributed by atoms with E-state index < -0.39 is 26.5 Å². The zero-order valence-electron chi connectivity index (χ0n) is 58.5. The van der Waals surface area contributed by atoms with E-state index in [9.17, 15) is 19.0 Å². The predicted molar refractivity (Wildman–Crippen MR) is 394 cm³/mol. The molecule has 0 aliphatic heterocycles. The molecule has 0 spiro atoms. The quantitative estimate of drug-likeness (QED) is 0.0264. The van der Waals surface area contributed by atoms with Crippen LogP contribution in [0.3, 0.4) is 0 Å². The Bertz CT molecular complexity index is 2010. The van der Waals surface area contributed by atoms with E-state index in [4.69, 9.17) is 24.3 Å². The van der Waals surface area contributed by atoms with Crippen LogP contribution in [0.4, 0.5) is 0 Å². The molecule has 3 N–H and O–H groups in total. The molecule has 0 rings (SSSR count). The standard InChI is InChI=1S/C81H138NO8P/c1-3-5-7-9-11-13-15-17-19-21-23-25-27-29-31-33-35-36-37-38-39-40-41-42-44-45-47-49-51-53-55-57-59-61-63-65-67-69-71-73-80(83)87-77-79(78-89-91(85,86)88-76-75-82)90-81(84)74-72-70-68-66-64-62-60-58-56-54-52-50-48-46-43-34-32-30-28-26-24-22-20-18-16-14-12-10-8-6-4-2/h5-8,11-14,17-20,23-26,29-32,43,46,50,52,79H,3-4,9-10,15-16,21-22,27-28,33-42,44-45,47-49,51,53-78,82H2,1-2H3,(H,85,86)/b7-5-,8-6-,13-11-,14-12-,19-17-,20-18-,25-23-,26-24-,31-29-,32-30-,46-43-,52-50-. The van der Waals surface area contributed by atoms with Crippen molar-refractivity contribution in [3.8, 4) is 0 Å². The number of esters is 2. The summed E-state index contributed by atoms with van der Waals surface area (Å²) < 4.78 is 33.2. The Morgan fingerprint density at radius 3 is 0.846 bits per heavy atom. The van der Waals surface area contributed by atoms with Crippen LogP contribution in [0.2, 0.25) is 0 Å². The van der Waals surface area contributed by atoms with Crippen LogP contribution in [0, 0.1) is 0 Å². The Kier molecular flexibility index (Phi) is 71.5. The maximum Gasteiger partial charge on any atom is 0.472 e. The third-order valence-corrected chi connectivity index (χ3v) is 16.7. The summed E-state index contributed by atoms with van der Waals surface area (Å²) in [7, 11) is -4.40. The van der Waals surface area contributed by atoms with Gasteiger partial charge in [0.15, 0.2) is 6.10 Å². The zero-order chi connectivity index (χ0) is 65.8. The molecule has 0 aliphatic carbocycles. The van der Waals surface area contributed by atoms with Crippen LogP contribution < -0.4 is 5.73 Å². The Balaban J connectivity index is 3.86. The third kappa shape index (κ3) is 74.8. The van der Waals surface area contributed by atoms with Gasteiger partial charge in [0.1, 0.15) is 6.61 Å². The number of nitrogens with two attached hydrogens (primary N) is 1. The van der Waals surface area contributed by atoms with Gasteiger partial charge in [-0.05, 0) is 116 Å². The van der Waals surface area contributed by atoms with Gasteiger partial charge in [-0.25, -0.2) is 4.57 Å². The predicted octanol–water partition coefficient (Wildman–Crippen LogP) is 25.0. The first-order valence-electron chi connectivity index (χ1n) is 37.3. The molecule has 9 nitrogen and oxygen atoms in total. The van der Waals surface area contributed by atoms with E-state index in [0.29, 0.717) is 6.42 Å². The summed E-state index contributed by atoms with van der Waals surface area (Å²) >= 11 is 0. The van der Waals surface area contributed by atoms with Crippen LogP contribution >= 0.6 is 7.82 Å². The second-order valence-electron chi connectivity index (χ2n) is 24.4. The Morgan fingerprint density at radius 1 is 0.330 bits per heavy atom. The van der Waals surface area contributed by atoms with Gasteiger partial charge in [-0.1, -0.05) is 339 Å². The van der Waals surface area contributed by atoms with E-state index in [1.165, 1.54) is 167 Å². The van der Waals surface area contributed by atoms with Gasteiger partial charge in [-0.15, -0.1) is 0 Å². The Hall–Kier alpha value is -4.11. The van der Waals surface area contributed by atoms with Gasteiger partial charge in [-0.3, -0.25) is 18.6 Å². The van der Waals surface area contributed by atoms with Gasteiger partial charge in [0.05, 0.1) is 13.2 Å². The number of phosphoric ester groups is 1. The van der Waals surface area contributed by atoms with E-state index in [2.05, 4.69) is 160 Å². The van der Waals surface area contributed by atoms with E-state index in [0.717, 1.165) is 122 Å². The second-order valence-corrected chi connectivity index (χ2v) is 25.9. The fourth-order valence-corrected chi connectivity index (χ4v) is 11.1. The summed E-state index contributed by atoms with van der Waals surface area (Å²) in [4.78, 5) is 35.4. The lowest BCUT2D eigenvalue weighted by Gasteiger charge is -2.19. The van der Waals surface area contributed by atoms with Crippen molar-refractivity contribution in [1.29, 1.82) is 0 Å². The largest absolute Gasteiger partial charge is 0.472 e. The monoisotopic (exact) mass is 1280 g/mol. The zero-order valence-corrected chi connectivity index (χ0v) is 59.4. The van der Waals surface area contributed by atoms with Crippen molar-refractivity contribution in [3.05, 3.63) is 146 Å². The molecule has 0 saturated carbocycles. The highest BCUT2D eigenvalue weighted by atomic mass is 31.2. The lowest BCUT2D eigenvalue weighted by Crippen LogP contribution is -2.29. The van der Waals surface area contributed by atoms with Crippen LogP contribution in [0.15, 0.2) is 146 Å². The van der Waals surface area contributed by atoms with E-state index in [1.807, 2.05) is 0 Å². The van der Waals surface area contributed by atoms with Gasteiger partial charge >= 0.3 is 19.8 Å². The van der Waals surface area contributed by atoms with Crippen molar-refractivity contribution in [1.82, 2.24) is 0 Å². The summed E-state index contributed by atoms with van der Waals surface area (Å²) in [6.07, 6.45) is 108. The van der Waals surface area contributed by atoms with Crippen molar-refractivity contribution >= 4 is 19.8 Å². The molecule has 0 saturated heterocycles. The van der Waals surface area contributed by atoms with Crippen molar-refractivity contribution in [2.24, 2.45) is 5.73 Å². The molecule has 2 unspecified atom stereocenters. The molecule has 91 heavy (non-hydrogen) atoms. The molecule has 0 aromatic carbocycles. The highest BCUT2D eigenvalue weighted by Gasteiger charge is 2.26. The number of carbonyl (C=O) groups excluding carboxylic acids is 2. The number of unbranched alkanes of at least 4 members (excludes halogenated alkanes) is 32. The number of rotatable bonds is 69. The van der Waals surface area contributed by atoms with E-state index >= 15 is 0 Å². The van der Waals surface area contributed by atoms with Crippen LogP contribution in [0.5, 0.6) is 0 Å². The van der Waals surface area contributed by atoms with Gasteiger partial charge in [0.25, 0.3) is 0 Å². The van der Waals surface area contributed by atoms with Crippen LogP contribution in [0.1, 0.15) is 322 Å². The molecule has 520 valence electrons. The smallest absolute Gasteiger partial charge is 0.462 e. The lowest BCUT2D eigenvalue weighted by atomic mass is 10.0. The summed E-state index contributed by atoms with van der Waals surface area (Å²) in [5, 5.41) is 0. The number of ether oxygens (including phenoxy) is 2. The minimum atomic E-state index is -4.40. The number of phosphoric acid groups is 1. The maximum absolute atomic E-state index is 12.8. The first-order chi connectivity index (χ1) is 44.8. The van der Waals surface area contributed by atoms with Gasteiger partial charge < -0.3 is 20.1 Å². The maximum atomic E-state index is 12.8. The molecule has 0 aromatic rings. The fraction of sp³-hybridized carbons (Fsp3) is 0.679. The molecule has 10 heteroatoms. The molecule has 0 bridgehead atoms. The topological polar surface area (TPSA) is 134 Å². The molecule has 0 fully saturated rings. The highest BCUT2D eigenvalue weighted by Crippen LogP contribution is 2.43. The molecule has 0 aliphatic rings. The summed E-state index contributed by atoms with van der Waals surface area (Å²) in [5.41, 5.74) is 5.41. The van der Waals surface area contributed by atoms with Gasteiger partial charge in [-0.2, -0.15) is 0 Å². The SMILES string of the molecule is CC/C=C\C/C=C\C/C=C\C/C=C\C/C=C\C/C=C\C/C=C\CCCCCCCCCCCC(=O)OC(COC(=O)CCCCCCCCCCCCCCCCCCCCCCCCC/C=C\C/C=C\C/C=C\C/C=C\C/C=C\CC)COP(=O)(O)OCCN. The number of allylic oxidation sites excluding steroid dienone is 24. The first kappa shape index (κ1) is 86.9. The minimum absolute atomic E-state index is 0.0476.